The molecule has 0 spiro atoms. The van der Waals surface area contributed by atoms with Gasteiger partial charge in [-0.25, -0.2) is 4.52 Å². The Labute approximate surface area is 233 Å². The van der Waals surface area contributed by atoms with E-state index in [2.05, 4.69) is 31.7 Å². The Morgan fingerprint density at radius 2 is 1.85 bits per heavy atom. The first-order chi connectivity index (χ1) is 19.6. The van der Waals surface area contributed by atoms with Gasteiger partial charge in [0.25, 0.3) is 5.91 Å². The van der Waals surface area contributed by atoms with E-state index in [-0.39, 0.29) is 17.7 Å². The molecule has 212 valence electrons. The van der Waals surface area contributed by atoms with E-state index in [1.807, 2.05) is 25.3 Å². The maximum atomic E-state index is 13.0. The maximum absolute atomic E-state index is 13.0. The minimum absolute atomic E-state index is 0.0305. The summed E-state index contributed by atoms with van der Waals surface area (Å²) in [5.41, 5.74) is 3.05. The number of ether oxygens (including phenoxy) is 2. The van der Waals surface area contributed by atoms with Gasteiger partial charge in [0.05, 0.1) is 37.4 Å². The molecule has 1 aliphatic carbocycles. The molecule has 11 nitrogen and oxygen atoms in total. The first kappa shape index (κ1) is 26.4. The normalized spacial score (nSPS) is 18.1. The summed E-state index contributed by atoms with van der Waals surface area (Å²) in [7, 11) is 0. The topological polar surface area (TPSA) is 113 Å². The van der Waals surface area contributed by atoms with Crippen LogP contribution in [0.4, 0.5) is 17.3 Å². The lowest BCUT2D eigenvalue weighted by molar-refractivity contribution is -0.125. The summed E-state index contributed by atoms with van der Waals surface area (Å²) in [6, 6.07) is 9.41. The number of hydrogen-bond donors (Lipinski definition) is 2. The molecule has 0 atom stereocenters. The lowest BCUT2D eigenvalue weighted by Crippen LogP contribution is -2.41. The molecule has 6 rings (SSSR count). The number of nitrogens with one attached hydrogen (secondary N) is 2. The van der Waals surface area contributed by atoms with Gasteiger partial charge >= 0.3 is 0 Å². The van der Waals surface area contributed by atoms with Crippen LogP contribution in [0, 0.1) is 11.8 Å². The first-order valence-corrected chi connectivity index (χ1v) is 14.4. The summed E-state index contributed by atoms with van der Waals surface area (Å²) >= 11 is 0. The fraction of sp³-hybridized carbons (Fsp3) is 0.517. The van der Waals surface area contributed by atoms with Crippen LogP contribution in [0.15, 0.2) is 36.5 Å². The molecule has 4 heterocycles. The Morgan fingerprint density at radius 1 is 1.05 bits per heavy atom. The fourth-order valence-electron chi connectivity index (χ4n) is 5.33. The van der Waals surface area contributed by atoms with Crippen LogP contribution >= 0.6 is 0 Å². The average molecular weight is 548 g/mol. The van der Waals surface area contributed by atoms with Crippen LogP contribution in [-0.2, 0) is 9.53 Å². The van der Waals surface area contributed by atoms with E-state index < -0.39 is 0 Å². The van der Waals surface area contributed by atoms with Gasteiger partial charge in [-0.15, -0.1) is 5.10 Å². The number of benzene rings is 1. The zero-order valence-electron chi connectivity index (χ0n) is 23.0. The summed E-state index contributed by atoms with van der Waals surface area (Å²) < 4.78 is 13.0. The number of fused-ring (bicyclic) bond motifs is 1. The van der Waals surface area contributed by atoms with Crippen molar-refractivity contribution in [3.05, 3.63) is 42.1 Å². The van der Waals surface area contributed by atoms with Crippen molar-refractivity contribution in [1.29, 1.82) is 0 Å². The van der Waals surface area contributed by atoms with Gasteiger partial charge in [0, 0.05) is 44.2 Å². The highest BCUT2D eigenvalue weighted by Crippen LogP contribution is 2.30. The minimum Gasteiger partial charge on any atom is -0.492 e. The SMILES string of the molecule is CCOc1cc(C(=O)N2CCOCC2)ccc1Nc1nc2ccc(N3CCC(C(=O)NCC4CC4)CC3)cn2n1. The van der Waals surface area contributed by atoms with E-state index in [0.29, 0.717) is 61.8 Å². The lowest BCUT2D eigenvalue weighted by atomic mass is 9.95. The van der Waals surface area contributed by atoms with Gasteiger partial charge in [-0.1, -0.05) is 0 Å². The average Bonchev–Trinajstić information content (AvgIpc) is 3.74. The van der Waals surface area contributed by atoms with Crippen LogP contribution < -0.4 is 20.3 Å². The van der Waals surface area contributed by atoms with Gasteiger partial charge in [-0.2, -0.15) is 4.98 Å². The van der Waals surface area contributed by atoms with Crippen LogP contribution in [0.5, 0.6) is 5.75 Å². The molecular weight excluding hydrogens is 510 g/mol. The third kappa shape index (κ3) is 5.99. The second-order valence-electron chi connectivity index (χ2n) is 10.7. The molecule has 40 heavy (non-hydrogen) atoms. The number of anilines is 3. The summed E-state index contributed by atoms with van der Waals surface area (Å²) in [6.45, 7) is 7.16. The van der Waals surface area contributed by atoms with Crippen molar-refractivity contribution in [2.45, 2.75) is 32.6 Å². The molecule has 2 aliphatic heterocycles. The van der Waals surface area contributed by atoms with Crippen LogP contribution in [0.2, 0.25) is 0 Å². The number of aromatic nitrogens is 3. The van der Waals surface area contributed by atoms with Crippen molar-refractivity contribution < 1.29 is 19.1 Å². The second-order valence-corrected chi connectivity index (χ2v) is 10.7. The highest BCUT2D eigenvalue weighted by Gasteiger charge is 2.28. The molecule has 0 radical (unpaired) electrons. The van der Waals surface area contributed by atoms with Crippen molar-refractivity contribution in [3.63, 3.8) is 0 Å². The second kappa shape index (κ2) is 11.7. The quantitative estimate of drug-likeness (QED) is 0.420. The predicted molar refractivity (Wildman–Crippen MR) is 151 cm³/mol. The summed E-state index contributed by atoms with van der Waals surface area (Å²) in [4.78, 5) is 34.2. The molecule has 0 unspecified atom stereocenters. The largest absolute Gasteiger partial charge is 0.492 e. The Hall–Kier alpha value is -3.86. The van der Waals surface area contributed by atoms with Gasteiger partial charge in [0.1, 0.15) is 5.75 Å². The summed E-state index contributed by atoms with van der Waals surface area (Å²) in [6.07, 6.45) is 6.18. The van der Waals surface area contributed by atoms with E-state index >= 15 is 0 Å². The number of piperidine rings is 1. The number of nitrogens with zero attached hydrogens (tertiary/aromatic N) is 5. The number of rotatable bonds is 9. The van der Waals surface area contributed by atoms with E-state index in [0.717, 1.165) is 43.8 Å². The molecule has 2 saturated heterocycles. The number of pyridine rings is 1. The molecule has 3 aromatic rings. The molecular formula is C29H37N7O4. The molecule has 0 bridgehead atoms. The number of hydrogen-bond acceptors (Lipinski definition) is 8. The lowest BCUT2D eigenvalue weighted by Gasteiger charge is -2.32. The molecule has 2 N–H and O–H groups in total. The van der Waals surface area contributed by atoms with Crippen LogP contribution in [0.1, 0.15) is 43.0 Å². The van der Waals surface area contributed by atoms with Gasteiger partial charge < -0.3 is 29.9 Å². The van der Waals surface area contributed by atoms with E-state index in [4.69, 9.17) is 9.47 Å². The maximum Gasteiger partial charge on any atom is 0.254 e. The molecule has 1 aromatic carbocycles. The Bertz CT molecular complexity index is 1360. The van der Waals surface area contributed by atoms with Crippen molar-refractivity contribution >= 4 is 34.8 Å². The van der Waals surface area contributed by atoms with Crippen LogP contribution in [-0.4, -0.2) is 83.9 Å². The molecule has 3 fully saturated rings. The third-order valence-corrected chi connectivity index (χ3v) is 7.88. The van der Waals surface area contributed by atoms with Crippen molar-refractivity contribution in [2.75, 3.05) is 62.8 Å². The minimum atomic E-state index is -0.0305. The fourth-order valence-corrected chi connectivity index (χ4v) is 5.33. The van der Waals surface area contributed by atoms with Crippen LogP contribution in [0.3, 0.4) is 0 Å². The van der Waals surface area contributed by atoms with Gasteiger partial charge in [0.15, 0.2) is 5.65 Å². The number of carbonyl (C=O) groups excluding carboxylic acids is 2. The molecule has 3 aliphatic rings. The van der Waals surface area contributed by atoms with E-state index in [1.54, 1.807) is 21.5 Å². The predicted octanol–water partition coefficient (Wildman–Crippen LogP) is 3.09. The summed E-state index contributed by atoms with van der Waals surface area (Å²) in [5.74, 6) is 1.99. The smallest absolute Gasteiger partial charge is 0.254 e. The van der Waals surface area contributed by atoms with E-state index in [9.17, 15) is 9.59 Å². The standard InChI is InChI=1S/C29H37N7O4/c1-2-40-25-17-22(28(38)35-13-15-39-16-14-35)5-7-24(25)31-29-32-26-8-6-23(19-36(26)33-29)34-11-9-21(10-12-34)27(37)30-18-20-3-4-20/h5-8,17,19-21H,2-4,9-16,18H2,1H3,(H,30,37)(H,31,33). The van der Waals surface area contributed by atoms with Crippen molar-refractivity contribution in [2.24, 2.45) is 11.8 Å². The Kier molecular flexibility index (Phi) is 7.72. The number of carbonyl (C=O) groups is 2. The Morgan fingerprint density at radius 3 is 2.60 bits per heavy atom. The highest BCUT2D eigenvalue weighted by atomic mass is 16.5. The molecule has 2 amide bonds. The van der Waals surface area contributed by atoms with Gasteiger partial charge in [0.2, 0.25) is 11.9 Å². The van der Waals surface area contributed by atoms with Crippen molar-refractivity contribution in [3.8, 4) is 5.75 Å². The highest BCUT2D eigenvalue weighted by molar-refractivity contribution is 5.95. The van der Waals surface area contributed by atoms with E-state index in [1.165, 1.54) is 12.8 Å². The van der Waals surface area contributed by atoms with Gasteiger partial charge in [-0.3, -0.25) is 9.59 Å². The number of amides is 2. The van der Waals surface area contributed by atoms with Gasteiger partial charge in [-0.05, 0) is 68.9 Å². The monoisotopic (exact) mass is 547 g/mol. The molecule has 1 saturated carbocycles. The number of morpholine rings is 1. The molecule has 2 aromatic heterocycles. The Balaban J connectivity index is 1.11. The first-order valence-electron chi connectivity index (χ1n) is 14.4. The zero-order chi connectivity index (χ0) is 27.5. The van der Waals surface area contributed by atoms with Crippen LogP contribution in [0.25, 0.3) is 5.65 Å². The third-order valence-electron chi connectivity index (χ3n) is 7.88. The molecule has 11 heteroatoms. The zero-order valence-corrected chi connectivity index (χ0v) is 23.0. The van der Waals surface area contributed by atoms with Crippen molar-refractivity contribution in [1.82, 2.24) is 24.8 Å². The summed E-state index contributed by atoms with van der Waals surface area (Å²) in [5, 5.41) is 11.0.